The van der Waals surface area contributed by atoms with Crippen molar-refractivity contribution in [2.45, 2.75) is 33.1 Å². The summed E-state index contributed by atoms with van der Waals surface area (Å²) >= 11 is 0. The van der Waals surface area contributed by atoms with Crippen LogP contribution in [-0.4, -0.2) is 0 Å². The molecule has 0 nitrogen and oxygen atoms in total. The summed E-state index contributed by atoms with van der Waals surface area (Å²) in [5.41, 5.74) is 0. The Bertz CT molecular complexity index is 136. The van der Waals surface area contributed by atoms with Gasteiger partial charge >= 0.3 is 0 Å². The van der Waals surface area contributed by atoms with E-state index in [0.717, 1.165) is 11.8 Å². The van der Waals surface area contributed by atoms with Crippen LogP contribution in [0, 0.1) is 23.7 Å². The zero-order valence-corrected chi connectivity index (χ0v) is 6.28. The molecule has 0 aliphatic heterocycles. The lowest BCUT2D eigenvalue weighted by atomic mass is 10.1. The van der Waals surface area contributed by atoms with Gasteiger partial charge in [-0.15, -0.1) is 11.8 Å². The SMILES string of the molecule is CC#CC1CCC(C)C1. The van der Waals surface area contributed by atoms with Crippen molar-refractivity contribution in [2.24, 2.45) is 11.8 Å². The molecule has 0 bridgehead atoms. The number of hydrogen-bond acceptors (Lipinski definition) is 0. The van der Waals surface area contributed by atoms with Gasteiger partial charge in [0.1, 0.15) is 0 Å². The molecule has 0 N–H and O–H groups in total. The molecule has 0 amide bonds. The summed E-state index contributed by atoms with van der Waals surface area (Å²) in [6.07, 6.45) is 4.06. The maximum absolute atomic E-state index is 3.22. The number of hydrogen-bond donors (Lipinski definition) is 0. The lowest BCUT2D eigenvalue weighted by molar-refractivity contribution is 0.592. The molecule has 0 saturated heterocycles. The highest BCUT2D eigenvalue weighted by Crippen LogP contribution is 2.29. The van der Waals surface area contributed by atoms with Crippen molar-refractivity contribution in [3.8, 4) is 11.8 Å². The fourth-order valence-corrected chi connectivity index (χ4v) is 1.54. The molecule has 0 heteroatoms. The van der Waals surface area contributed by atoms with Gasteiger partial charge < -0.3 is 0 Å². The zero-order chi connectivity index (χ0) is 6.69. The van der Waals surface area contributed by atoms with Gasteiger partial charge in [-0.1, -0.05) is 6.92 Å². The third-order valence-electron chi connectivity index (χ3n) is 2.04. The van der Waals surface area contributed by atoms with Crippen LogP contribution >= 0.6 is 0 Å². The lowest BCUT2D eigenvalue weighted by Gasteiger charge is -1.96. The van der Waals surface area contributed by atoms with Gasteiger partial charge in [-0.05, 0) is 32.1 Å². The molecule has 0 spiro atoms. The van der Waals surface area contributed by atoms with Crippen LogP contribution in [0.1, 0.15) is 33.1 Å². The Kier molecular flexibility index (Phi) is 2.16. The molecule has 1 saturated carbocycles. The maximum atomic E-state index is 3.22. The van der Waals surface area contributed by atoms with E-state index in [2.05, 4.69) is 18.8 Å². The highest BCUT2D eigenvalue weighted by atomic mass is 14.2. The van der Waals surface area contributed by atoms with E-state index < -0.39 is 0 Å². The Hall–Kier alpha value is -0.440. The van der Waals surface area contributed by atoms with Gasteiger partial charge in [-0.2, -0.15) is 0 Å². The summed E-state index contributed by atoms with van der Waals surface area (Å²) in [6, 6.07) is 0. The van der Waals surface area contributed by atoms with Crippen molar-refractivity contribution in [2.75, 3.05) is 0 Å². The van der Waals surface area contributed by atoms with Gasteiger partial charge in [-0.25, -0.2) is 0 Å². The van der Waals surface area contributed by atoms with Crippen LogP contribution in [0.4, 0.5) is 0 Å². The molecular formula is C9H14. The topological polar surface area (TPSA) is 0 Å². The second-order valence-electron chi connectivity index (χ2n) is 3.01. The van der Waals surface area contributed by atoms with Crippen LogP contribution in [0.3, 0.4) is 0 Å². The van der Waals surface area contributed by atoms with Crippen molar-refractivity contribution in [3.05, 3.63) is 0 Å². The average molecular weight is 122 g/mol. The van der Waals surface area contributed by atoms with Crippen molar-refractivity contribution < 1.29 is 0 Å². The summed E-state index contributed by atoms with van der Waals surface area (Å²) in [7, 11) is 0. The molecule has 0 heterocycles. The van der Waals surface area contributed by atoms with E-state index >= 15 is 0 Å². The third kappa shape index (κ3) is 1.75. The van der Waals surface area contributed by atoms with Crippen molar-refractivity contribution in [3.63, 3.8) is 0 Å². The van der Waals surface area contributed by atoms with E-state index in [-0.39, 0.29) is 0 Å². The predicted octanol–water partition coefficient (Wildman–Crippen LogP) is 2.45. The summed E-state index contributed by atoms with van der Waals surface area (Å²) < 4.78 is 0. The summed E-state index contributed by atoms with van der Waals surface area (Å²) in [4.78, 5) is 0. The molecular weight excluding hydrogens is 108 g/mol. The average Bonchev–Trinajstić information content (AvgIpc) is 2.17. The molecule has 2 atom stereocenters. The van der Waals surface area contributed by atoms with E-state index in [0.29, 0.717) is 0 Å². The van der Waals surface area contributed by atoms with Gasteiger partial charge in [0.05, 0.1) is 0 Å². The van der Waals surface area contributed by atoms with Crippen LogP contribution in [0.5, 0.6) is 0 Å². The molecule has 2 unspecified atom stereocenters. The summed E-state index contributed by atoms with van der Waals surface area (Å²) in [6.45, 7) is 4.25. The van der Waals surface area contributed by atoms with Gasteiger partial charge in [0, 0.05) is 5.92 Å². The van der Waals surface area contributed by atoms with E-state index in [1.54, 1.807) is 0 Å². The van der Waals surface area contributed by atoms with Crippen LogP contribution in [0.15, 0.2) is 0 Å². The highest BCUT2D eigenvalue weighted by Gasteiger charge is 2.18. The molecule has 50 valence electrons. The first-order valence-electron chi connectivity index (χ1n) is 3.75. The van der Waals surface area contributed by atoms with Crippen LogP contribution in [0.25, 0.3) is 0 Å². The van der Waals surface area contributed by atoms with Gasteiger partial charge in [0.2, 0.25) is 0 Å². The van der Waals surface area contributed by atoms with Crippen LogP contribution in [0.2, 0.25) is 0 Å². The Balaban J connectivity index is 2.36. The normalized spacial score (nSPS) is 33.6. The zero-order valence-electron chi connectivity index (χ0n) is 6.28. The Morgan fingerprint density at radius 3 is 2.56 bits per heavy atom. The van der Waals surface area contributed by atoms with Crippen molar-refractivity contribution in [1.29, 1.82) is 0 Å². The predicted molar refractivity (Wildman–Crippen MR) is 40.0 cm³/mol. The van der Waals surface area contributed by atoms with Crippen molar-refractivity contribution in [1.82, 2.24) is 0 Å². The molecule has 0 radical (unpaired) electrons. The molecule has 0 aromatic rings. The second kappa shape index (κ2) is 2.92. The molecule has 1 aliphatic rings. The highest BCUT2D eigenvalue weighted by molar-refractivity contribution is 5.03. The van der Waals surface area contributed by atoms with E-state index in [9.17, 15) is 0 Å². The quantitative estimate of drug-likeness (QED) is 0.433. The third-order valence-corrected chi connectivity index (χ3v) is 2.04. The fraction of sp³-hybridized carbons (Fsp3) is 0.778. The van der Waals surface area contributed by atoms with E-state index in [1.165, 1.54) is 19.3 Å². The van der Waals surface area contributed by atoms with Gasteiger partial charge in [0.15, 0.2) is 0 Å². The van der Waals surface area contributed by atoms with E-state index in [1.807, 2.05) is 6.92 Å². The molecule has 0 aromatic carbocycles. The Morgan fingerprint density at radius 2 is 2.11 bits per heavy atom. The van der Waals surface area contributed by atoms with Crippen LogP contribution < -0.4 is 0 Å². The fourth-order valence-electron chi connectivity index (χ4n) is 1.54. The Labute approximate surface area is 57.7 Å². The van der Waals surface area contributed by atoms with Crippen molar-refractivity contribution >= 4 is 0 Å². The minimum absolute atomic E-state index is 0.727. The first kappa shape index (κ1) is 6.68. The maximum Gasteiger partial charge on any atom is 0.0205 e. The summed E-state index contributed by atoms with van der Waals surface area (Å²) in [5.74, 6) is 7.86. The number of rotatable bonds is 0. The second-order valence-corrected chi connectivity index (χ2v) is 3.01. The molecule has 1 aliphatic carbocycles. The Morgan fingerprint density at radius 1 is 1.33 bits per heavy atom. The molecule has 1 rings (SSSR count). The summed E-state index contributed by atoms with van der Waals surface area (Å²) in [5, 5.41) is 0. The minimum atomic E-state index is 0.727. The largest absolute Gasteiger partial charge is 0.106 e. The molecule has 0 aromatic heterocycles. The lowest BCUT2D eigenvalue weighted by Crippen LogP contribution is -1.88. The monoisotopic (exact) mass is 122 g/mol. The van der Waals surface area contributed by atoms with E-state index in [4.69, 9.17) is 0 Å². The molecule has 1 fully saturated rings. The van der Waals surface area contributed by atoms with Gasteiger partial charge in [-0.3, -0.25) is 0 Å². The standard InChI is InChI=1S/C9H14/c1-3-4-9-6-5-8(2)7-9/h8-9H,5-7H2,1-2H3. The minimum Gasteiger partial charge on any atom is -0.106 e. The van der Waals surface area contributed by atoms with Crippen LogP contribution in [-0.2, 0) is 0 Å². The first-order chi connectivity index (χ1) is 4.33. The van der Waals surface area contributed by atoms with Gasteiger partial charge in [0.25, 0.3) is 0 Å². The first-order valence-corrected chi connectivity index (χ1v) is 3.75. The molecule has 9 heavy (non-hydrogen) atoms. The smallest absolute Gasteiger partial charge is 0.0205 e.